The van der Waals surface area contributed by atoms with E-state index >= 15 is 0 Å². The van der Waals surface area contributed by atoms with E-state index < -0.39 is 8.24 Å². The lowest BCUT2D eigenvalue weighted by atomic mass is 10.6. The molecule has 0 radical (unpaired) electrons. The van der Waals surface area contributed by atoms with Crippen LogP contribution in [0, 0.1) is 0 Å². The number of hydrogen-bond donors (Lipinski definition) is 1. The van der Waals surface area contributed by atoms with Gasteiger partial charge in [0.25, 0.3) is 0 Å². The summed E-state index contributed by atoms with van der Waals surface area (Å²) in [4.78, 5) is 3.47. The molecule has 0 saturated heterocycles. The average Bonchev–Trinajstić information content (AvgIpc) is 1.89. The van der Waals surface area contributed by atoms with Gasteiger partial charge in [0, 0.05) is 0 Å². The van der Waals surface area contributed by atoms with Gasteiger partial charge < -0.3 is 4.98 Å². The summed E-state index contributed by atoms with van der Waals surface area (Å²) in [5, 5.41) is 0. The van der Waals surface area contributed by atoms with Gasteiger partial charge >= 0.3 is 0 Å². The average molecular weight is 145 g/mol. The highest BCUT2D eigenvalue weighted by atomic mass is 28.3. The molecule has 0 bridgehead atoms. The van der Waals surface area contributed by atoms with Crippen LogP contribution in [-0.2, 0) is 0 Å². The van der Waals surface area contributed by atoms with Crippen molar-refractivity contribution < 1.29 is 0 Å². The van der Waals surface area contributed by atoms with Gasteiger partial charge in [-0.15, -0.1) is 0 Å². The van der Waals surface area contributed by atoms with Crippen molar-refractivity contribution in [2.75, 3.05) is 7.05 Å². The fraction of sp³-hybridized carbons (Fsp3) is 1.00. The number of nitrogens with one attached hydrogen (secondary N) is 1. The molecule has 0 aromatic heterocycles. The Morgan fingerprint density at radius 1 is 1.33 bits per heavy atom. The summed E-state index contributed by atoms with van der Waals surface area (Å²) >= 11 is 0. The maximum absolute atomic E-state index is 3.47. The van der Waals surface area contributed by atoms with E-state index in [0.29, 0.717) is 0 Å². The molecule has 1 unspecified atom stereocenters. The van der Waals surface area contributed by atoms with Crippen molar-refractivity contribution in [3.05, 3.63) is 0 Å². The van der Waals surface area contributed by atoms with Gasteiger partial charge in [0.05, 0.1) is 0 Å². The third kappa shape index (κ3) is 3.01. The second-order valence-corrected chi connectivity index (χ2v) is 7.74. The topological polar surface area (TPSA) is 12.0 Å². The first-order chi connectivity index (χ1) is 4.18. The molecule has 0 aliphatic heterocycles. The molecule has 0 aromatic rings. The number of hydrogen-bond acceptors (Lipinski definition) is 1. The van der Waals surface area contributed by atoms with Gasteiger partial charge in [-0.25, -0.2) is 0 Å². The van der Waals surface area contributed by atoms with E-state index in [-0.39, 0.29) is 0 Å². The molecule has 0 amide bonds. The number of rotatable bonds is 4. The van der Waals surface area contributed by atoms with Crippen molar-refractivity contribution in [2.24, 2.45) is 0 Å². The summed E-state index contributed by atoms with van der Waals surface area (Å²) in [5.41, 5.74) is 0. The van der Waals surface area contributed by atoms with E-state index in [9.17, 15) is 0 Å². The molecule has 0 fully saturated rings. The standard InChI is InChI=1S/C7H19NSi/c1-5-7-9(4,6-2)8-3/h8H,5-7H2,1-4H3. The van der Waals surface area contributed by atoms with E-state index in [1.54, 1.807) is 0 Å². The Morgan fingerprint density at radius 3 is 2.00 bits per heavy atom. The fourth-order valence-corrected chi connectivity index (χ4v) is 3.09. The van der Waals surface area contributed by atoms with Crippen LogP contribution in [0.15, 0.2) is 0 Å². The first kappa shape index (κ1) is 9.18. The van der Waals surface area contributed by atoms with E-state index in [0.717, 1.165) is 0 Å². The second kappa shape index (κ2) is 4.07. The Kier molecular flexibility index (Phi) is 4.15. The predicted octanol–water partition coefficient (Wildman–Crippen LogP) is 2.21. The zero-order valence-electron chi connectivity index (χ0n) is 7.12. The Labute approximate surface area is 59.9 Å². The summed E-state index contributed by atoms with van der Waals surface area (Å²) < 4.78 is 0. The van der Waals surface area contributed by atoms with Crippen molar-refractivity contribution in [1.82, 2.24) is 4.98 Å². The zero-order valence-corrected chi connectivity index (χ0v) is 8.12. The highest BCUT2D eigenvalue weighted by Crippen LogP contribution is 2.12. The minimum absolute atomic E-state index is 0.947. The van der Waals surface area contributed by atoms with Crippen molar-refractivity contribution >= 4 is 8.24 Å². The lowest BCUT2D eigenvalue weighted by Crippen LogP contribution is -2.44. The van der Waals surface area contributed by atoms with Gasteiger partial charge in [-0.2, -0.15) is 0 Å². The minimum atomic E-state index is -0.947. The Bertz CT molecular complexity index is 69.3. The van der Waals surface area contributed by atoms with Gasteiger partial charge in [-0.3, -0.25) is 0 Å². The molecule has 0 spiro atoms. The molecule has 1 atom stereocenters. The second-order valence-electron chi connectivity index (χ2n) is 2.91. The van der Waals surface area contributed by atoms with Crippen molar-refractivity contribution in [1.29, 1.82) is 0 Å². The van der Waals surface area contributed by atoms with E-state index in [2.05, 4.69) is 32.4 Å². The maximum Gasteiger partial charge on any atom is 0.122 e. The molecule has 1 N–H and O–H groups in total. The fourth-order valence-electron chi connectivity index (χ4n) is 1.03. The molecular formula is C7H19NSi. The highest BCUT2D eigenvalue weighted by molar-refractivity contribution is 6.76. The third-order valence-corrected chi connectivity index (χ3v) is 6.56. The van der Waals surface area contributed by atoms with Crippen molar-refractivity contribution in [3.8, 4) is 0 Å². The molecule has 1 nitrogen and oxygen atoms in total. The van der Waals surface area contributed by atoms with Crippen molar-refractivity contribution in [3.63, 3.8) is 0 Å². The zero-order chi connectivity index (χ0) is 7.33. The molecule has 0 saturated carbocycles. The van der Waals surface area contributed by atoms with Crippen LogP contribution in [0.2, 0.25) is 18.6 Å². The molecule has 9 heavy (non-hydrogen) atoms. The van der Waals surface area contributed by atoms with Gasteiger partial charge in [-0.1, -0.05) is 26.8 Å². The monoisotopic (exact) mass is 145 g/mol. The predicted molar refractivity (Wildman–Crippen MR) is 46.3 cm³/mol. The molecule has 2 heteroatoms. The molecule has 0 heterocycles. The largest absolute Gasteiger partial charge is 0.340 e. The highest BCUT2D eigenvalue weighted by Gasteiger charge is 2.20. The van der Waals surface area contributed by atoms with Crippen LogP contribution in [0.3, 0.4) is 0 Å². The summed E-state index contributed by atoms with van der Waals surface area (Å²) in [6.07, 6.45) is 1.33. The van der Waals surface area contributed by atoms with E-state index in [1.807, 2.05) is 0 Å². The van der Waals surface area contributed by atoms with E-state index in [1.165, 1.54) is 18.5 Å². The smallest absolute Gasteiger partial charge is 0.122 e. The summed E-state index contributed by atoms with van der Waals surface area (Å²) in [6, 6.07) is 2.78. The van der Waals surface area contributed by atoms with Gasteiger partial charge in [0.15, 0.2) is 0 Å². The van der Waals surface area contributed by atoms with Crippen LogP contribution in [0.1, 0.15) is 20.3 Å². The third-order valence-electron chi connectivity index (χ3n) is 2.19. The lowest BCUT2D eigenvalue weighted by molar-refractivity contribution is 0.972. The van der Waals surface area contributed by atoms with Crippen LogP contribution in [0.4, 0.5) is 0 Å². The molecule has 0 rings (SSSR count). The SMILES string of the molecule is CCC[Si](C)(CC)NC. The minimum Gasteiger partial charge on any atom is -0.340 e. The van der Waals surface area contributed by atoms with Crippen molar-refractivity contribution in [2.45, 2.75) is 38.9 Å². The van der Waals surface area contributed by atoms with Gasteiger partial charge in [0.2, 0.25) is 0 Å². The summed E-state index contributed by atoms with van der Waals surface area (Å²) in [5.74, 6) is 0. The van der Waals surface area contributed by atoms with E-state index in [4.69, 9.17) is 0 Å². The first-order valence-electron chi connectivity index (χ1n) is 3.87. The Balaban J connectivity index is 3.62. The normalized spacial score (nSPS) is 17.3. The first-order valence-corrected chi connectivity index (χ1v) is 6.79. The quantitative estimate of drug-likeness (QED) is 0.598. The van der Waals surface area contributed by atoms with Crippen LogP contribution < -0.4 is 4.98 Å². The van der Waals surface area contributed by atoms with Crippen LogP contribution >= 0.6 is 0 Å². The van der Waals surface area contributed by atoms with Crippen LogP contribution in [0.5, 0.6) is 0 Å². The van der Waals surface area contributed by atoms with Gasteiger partial charge in [0.1, 0.15) is 8.24 Å². The van der Waals surface area contributed by atoms with Crippen LogP contribution in [0.25, 0.3) is 0 Å². The Morgan fingerprint density at radius 2 is 1.89 bits per heavy atom. The molecule has 0 aliphatic carbocycles. The lowest BCUT2D eigenvalue weighted by Gasteiger charge is -2.23. The summed E-state index contributed by atoms with van der Waals surface area (Å²) in [6.45, 7) is 6.97. The molecule has 0 aliphatic rings. The summed E-state index contributed by atoms with van der Waals surface area (Å²) in [7, 11) is 1.16. The maximum atomic E-state index is 3.47. The molecule has 56 valence electrons. The Hall–Kier alpha value is 0.177. The van der Waals surface area contributed by atoms with Crippen LogP contribution in [-0.4, -0.2) is 15.3 Å². The molecular weight excluding hydrogens is 126 g/mol. The van der Waals surface area contributed by atoms with Gasteiger partial charge in [-0.05, 0) is 19.1 Å². The molecule has 0 aromatic carbocycles.